The second kappa shape index (κ2) is 4.29. The number of aromatic nitrogens is 2. The molecular formula is C12H17IN2O. The Morgan fingerprint density at radius 3 is 2.94 bits per heavy atom. The van der Waals surface area contributed by atoms with Crippen molar-refractivity contribution in [2.24, 2.45) is 0 Å². The highest BCUT2D eigenvalue weighted by Gasteiger charge is 2.40. The Hall–Kier alpha value is -0.100. The summed E-state index contributed by atoms with van der Waals surface area (Å²) in [5.41, 5.74) is 0.195. The normalized spacial score (nSPS) is 28.7. The molecule has 1 aromatic rings. The smallest absolute Gasteiger partial charge is 0.123 e. The maximum absolute atomic E-state index is 6.04. The number of ether oxygens (including phenoxy) is 1. The van der Waals surface area contributed by atoms with E-state index in [1.807, 2.05) is 0 Å². The minimum Gasteiger partial charge on any atom is -0.375 e. The molecule has 1 unspecified atom stereocenters. The van der Waals surface area contributed by atoms with Crippen LogP contribution in [0.4, 0.5) is 0 Å². The summed E-state index contributed by atoms with van der Waals surface area (Å²) in [5.74, 6) is 0. The van der Waals surface area contributed by atoms with Crippen LogP contribution in [0.2, 0.25) is 0 Å². The number of halogens is 1. The first-order chi connectivity index (χ1) is 7.77. The van der Waals surface area contributed by atoms with Crippen LogP contribution in [0.1, 0.15) is 44.6 Å². The van der Waals surface area contributed by atoms with E-state index in [9.17, 15) is 0 Å². The number of rotatable bonds is 1. The van der Waals surface area contributed by atoms with E-state index in [0.717, 1.165) is 23.1 Å². The highest BCUT2D eigenvalue weighted by atomic mass is 127. The topological polar surface area (TPSA) is 27.1 Å². The van der Waals surface area contributed by atoms with E-state index in [0.29, 0.717) is 6.04 Å². The molecule has 88 valence electrons. The van der Waals surface area contributed by atoms with Crippen molar-refractivity contribution in [2.45, 2.75) is 50.2 Å². The van der Waals surface area contributed by atoms with Crippen LogP contribution in [0.5, 0.6) is 0 Å². The van der Waals surface area contributed by atoms with Gasteiger partial charge in [0.2, 0.25) is 0 Å². The first-order valence-corrected chi connectivity index (χ1v) is 7.20. The minimum atomic E-state index is 0.195. The molecule has 0 radical (unpaired) electrons. The molecule has 3 nitrogen and oxygen atoms in total. The predicted molar refractivity (Wildman–Crippen MR) is 70.4 cm³/mol. The highest BCUT2D eigenvalue weighted by Crippen LogP contribution is 2.43. The molecule has 1 aliphatic carbocycles. The van der Waals surface area contributed by atoms with Crippen LogP contribution in [0.15, 0.2) is 12.3 Å². The molecule has 2 aliphatic rings. The third-order valence-electron chi connectivity index (χ3n) is 3.93. The summed E-state index contributed by atoms with van der Waals surface area (Å²) >= 11 is 2.27. The molecule has 1 aromatic heterocycles. The Bertz CT molecular complexity index is 371. The second-order valence-corrected chi connectivity index (χ2v) is 6.11. The zero-order valence-corrected chi connectivity index (χ0v) is 11.5. The van der Waals surface area contributed by atoms with Crippen molar-refractivity contribution in [2.75, 3.05) is 6.61 Å². The van der Waals surface area contributed by atoms with Gasteiger partial charge in [0.25, 0.3) is 0 Å². The van der Waals surface area contributed by atoms with E-state index < -0.39 is 0 Å². The molecule has 1 saturated heterocycles. The van der Waals surface area contributed by atoms with Crippen molar-refractivity contribution >= 4 is 22.6 Å². The van der Waals surface area contributed by atoms with Crippen LogP contribution in [0, 0.1) is 3.70 Å². The Morgan fingerprint density at radius 2 is 2.25 bits per heavy atom. The maximum atomic E-state index is 6.04. The molecule has 0 amide bonds. The largest absolute Gasteiger partial charge is 0.375 e. The maximum Gasteiger partial charge on any atom is 0.123 e. The van der Waals surface area contributed by atoms with Gasteiger partial charge in [-0.25, -0.2) is 0 Å². The van der Waals surface area contributed by atoms with Gasteiger partial charge in [-0.05, 0) is 54.3 Å². The van der Waals surface area contributed by atoms with E-state index in [-0.39, 0.29) is 5.60 Å². The van der Waals surface area contributed by atoms with E-state index in [2.05, 4.69) is 44.6 Å². The van der Waals surface area contributed by atoms with Crippen molar-refractivity contribution in [1.29, 1.82) is 0 Å². The third-order valence-corrected chi connectivity index (χ3v) is 4.51. The van der Waals surface area contributed by atoms with Crippen LogP contribution >= 0.6 is 22.6 Å². The average molecular weight is 332 g/mol. The lowest BCUT2D eigenvalue weighted by Gasteiger charge is -2.38. The van der Waals surface area contributed by atoms with E-state index in [1.54, 1.807) is 0 Å². The van der Waals surface area contributed by atoms with Gasteiger partial charge in [-0.3, -0.25) is 4.68 Å². The van der Waals surface area contributed by atoms with Crippen LogP contribution in [0.25, 0.3) is 0 Å². The monoisotopic (exact) mass is 332 g/mol. The van der Waals surface area contributed by atoms with Crippen LogP contribution < -0.4 is 0 Å². The molecule has 2 heterocycles. The van der Waals surface area contributed by atoms with E-state index in [4.69, 9.17) is 4.74 Å². The van der Waals surface area contributed by atoms with Crippen LogP contribution in [-0.4, -0.2) is 22.0 Å². The molecular weight excluding hydrogens is 315 g/mol. The van der Waals surface area contributed by atoms with Crippen molar-refractivity contribution in [1.82, 2.24) is 9.78 Å². The molecule has 0 bridgehead atoms. The Morgan fingerprint density at radius 1 is 1.44 bits per heavy atom. The fourth-order valence-corrected chi connectivity index (χ4v) is 3.52. The first-order valence-electron chi connectivity index (χ1n) is 6.12. The van der Waals surface area contributed by atoms with Crippen LogP contribution in [0.3, 0.4) is 0 Å². The Balaban J connectivity index is 1.77. The summed E-state index contributed by atoms with van der Waals surface area (Å²) < 4.78 is 9.27. The standard InChI is InChI=1S/C12H17IN2O/c13-11-3-7-15(14-11)10-4-8-16-12(9-10)5-1-2-6-12/h3,7,10H,1-2,4-6,8-9H2. The van der Waals surface area contributed by atoms with Gasteiger partial charge in [0.1, 0.15) is 3.70 Å². The molecule has 1 spiro atoms. The summed E-state index contributed by atoms with van der Waals surface area (Å²) in [6.07, 6.45) is 9.56. The van der Waals surface area contributed by atoms with Gasteiger partial charge in [0.15, 0.2) is 0 Å². The van der Waals surface area contributed by atoms with Crippen molar-refractivity contribution in [3.05, 3.63) is 16.0 Å². The molecule has 0 aromatic carbocycles. The van der Waals surface area contributed by atoms with Gasteiger partial charge in [-0.2, -0.15) is 5.10 Å². The number of nitrogens with zero attached hydrogens (tertiary/aromatic N) is 2. The number of hydrogen-bond acceptors (Lipinski definition) is 2. The van der Waals surface area contributed by atoms with Gasteiger partial charge >= 0.3 is 0 Å². The zero-order valence-electron chi connectivity index (χ0n) is 9.36. The van der Waals surface area contributed by atoms with Crippen LogP contribution in [-0.2, 0) is 4.74 Å². The molecule has 1 atom stereocenters. The van der Waals surface area contributed by atoms with E-state index >= 15 is 0 Å². The summed E-state index contributed by atoms with van der Waals surface area (Å²) in [4.78, 5) is 0. The zero-order chi connectivity index (χ0) is 11.0. The summed E-state index contributed by atoms with van der Waals surface area (Å²) in [6, 6.07) is 2.63. The molecule has 1 aliphatic heterocycles. The van der Waals surface area contributed by atoms with E-state index in [1.165, 1.54) is 25.7 Å². The Labute approximate surface area is 110 Å². The predicted octanol–water partition coefficient (Wildman–Crippen LogP) is 3.15. The summed E-state index contributed by atoms with van der Waals surface area (Å²) in [6.45, 7) is 0.904. The molecule has 4 heteroatoms. The molecule has 2 fully saturated rings. The SMILES string of the molecule is Ic1ccn(C2CCOC3(CCCC3)C2)n1. The van der Waals surface area contributed by atoms with Gasteiger partial charge < -0.3 is 4.74 Å². The number of hydrogen-bond donors (Lipinski definition) is 0. The lowest BCUT2D eigenvalue weighted by atomic mass is 9.89. The molecule has 3 rings (SSSR count). The second-order valence-electron chi connectivity index (χ2n) is 5.00. The first kappa shape index (κ1) is 11.0. The van der Waals surface area contributed by atoms with Crippen molar-refractivity contribution < 1.29 is 4.74 Å². The lowest BCUT2D eigenvalue weighted by Crippen LogP contribution is -2.38. The highest BCUT2D eigenvalue weighted by molar-refractivity contribution is 14.1. The van der Waals surface area contributed by atoms with Gasteiger partial charge in [-0.1, -0.05) is 12.8 Å². The average Bonchev–Trinajstić information content (AvgIpc) is 2.89. The quantitative estimate of drug-likeness (QED) is 0.739. The lowest BCUT2D eigenvalue weighted by molar-refractivity contribution is -0.0910. The minimum absolute atomic E-state index is 0.195. The van der Waals surface area contributed by atoms with Crippen molar-refractivity contribution in [3.8, 4) is 0 Å². The fraction of sp³-hybridized carbons (Fsp3) is 0.750. The van der Waals surface area contributed by atoms with Gasteiger partial charge in [-0.15, -0.1) is 0 Å². The Kier molecular flexibility index (Phi) is 2.96. The molecule has 0 N–H and O–H groups in total. The summed E-state index contributed by atoms with van der Waals surface area (Å²) in [7, 11) is 0. The van der Waals surface area contributed by atoms with Gasteiger partial charge in [0.05, 0.1) is 11.6 Å². The fourth-order valence-electron chi connectivity index (χ4n) is 3.11. The molecule has 1 saturated carbocycles. The van der Waals surface area contributed by atoms with Gasteiger partial charge in [0, 0.05) is 12.8 Å². The molecule has 16 heavy (non-hydrogen) atoms. The van der Waals surface area contributed by atoms with Crippen molar-refractivity contribution in [3.63, 3.8) is 0 Å². The third kappa shape index (κ3) is 2.01. The summed E-state index contributed by atoms with van der Waals surface area (Å²) in [5, 5.41) is 4.54.